The molecule has 0 aromatic carbocycles. The summed E-state index contributed by atoms with van der Waals surface area (Å²) in [6.45, 7) is 4.80. The lowest BCUT2D eigenvalue weighted by molar-refractivity contribution is 0.364. The summed E-state index contributed by atoms with van der Waals surface area (Å²) < 4.78 is 9.68. The van der Waals surface area contributed by atoms with Gasteiger partial charge in [0.2, 0.25) is 0 Å². The van der Waals surface area contributed by atoms with Crippen LogP contribution in [0.4, 0.5) is 0 Å². The summed E-state index contributed by atoms with van der Waals surface area (Å²) in [5.41, 5.74) is 1.12. The minimum absolute atomic E-state index is 0.0653. The number of nitrogens with zero attached hydrogens (tertiary/aromatic N) is 5. The van der Waals surface area contributed by atoms with E-state index < -0.39 is 0 Å². The van der Waals surface area contributed by atoms with Gasteiger partial charge in [-0.1, -0.05) is 19.0 Å². The van der Waals surface area contributed by atoms with Crippen molar-refractivity contribution in [3.63, 3.8) is 0 Å². The van der Waals surface area contributed by atoms with E-state index in [1.165, 1.54) is 9.13 Å². The molecule has 3 aromatic heterocycles. The van der Waals surface area contributed by atoms with E-state index in [2.05, 4.69) is 10.3 Å². The molecule has 3 aromatic rings. The van der Waals surface area contributed by atoms with Crippen molar-refractivity contribution in [1.82, 2.24) is 24.1 Å². The highest BCUT2D eigenvalue weighted by Crippen LogP contribution is 2.30. The third kappa shape index (κ3) is 2.71. The molecule has 0 amide bonds. The normalized spacial score (nSPS) is 14.7. The van der Waals surface area contributed by atoms with Gasteiger partial charge in [0.25, 0.3) is 5.56 Å². The lowest BCUT2D eigenvalue weighted by Gasteiger charge is -2.08. The average molecular weight is 343 g/mol. The summed E-state index contributed by atoms with van der Waals surface area (Å²) in [6.07, 6.45) is 3.92. The number of hydrogen-bond acceptors (Lipinski definition) is 5. The van der Waals surface area contributed by atoms with E-state index in [9.17, 15) is 9.59 Å². The molecule has 0 unspecified atom stereocenters. The number of fused-ring (bicyclic) bond motifs is 1. The van der Waals surface area contributed by atoms with Crippen LogP contribution < -0.4 is 11.2 Å². The Morgan fingerprint density at radius 2 is 2.08 bits per heavy atom. The number of aryl methyl sites for hydroxylation is 1. The van der Waals surface area contributed by atoms with E-state index in [1.807, 2.05) is 13.8 Å². The zero-order valence-electron chi connectivity index (χ0n) is 14.6. The minimum atomic E-state index is -0.383. The molecule has 8 nitrogen and oxygen atoms in total. The van der Waals surface area contributed by atoms with Gasteiger partial charge in [-0.3, -0.25) is 18.6 Å². The van der Waals surface area contributed by atoms with Crippen LogP contribution in [-0.2, 0) is 20.1 Å². The molecule has 3 heterocycles. The number of aromatic nitrogens is 5. The Morgan fingerprint density at radius 3 is 2.72 bits per heavy atom. The van der Waals surface area contributed by atoms with Crippen LogP contribution in [0.5, 0.6) is 0 Å². The van der Waals surface area contributed by atoms with Gasteiger partial charge in [0, 0.05) is 19.7 Å². The molecule has 1 aliphatic carbocycles. The predicted octanol–water partition coefficient (Wildman–Crippen LogP) is 1.47. The van der Waals surface area contributed by atoms with Crippen molar-refractivity contribution >= 4 is 11.0 Å². The molecule has 25 heavy (non-hydrogen) atoms. The van der Waals surface area contributed by atoms with Crippen LogP contribution in [0.15, 0.2) is 26.4 Å². The molecule has 0 saturated heterocycles. The first-order valence-corrected chi connectivity index (χ1v) is 8.56. The van der Waals surface area contributed by atoms with Gasteiger partial charge < -0.3 is 4.52 Å². The van der Waals surface area contributed by atoms with E-state index in [-0.39, 0.29) is 23.7 Å². The number of hydrogen-bond donors (Lipinski definition) is 0. The van der Waals surface area contributed by atoms with Crippen LogP contribution in [0.3, 0.4) is 0 Å². The molecular formula is C17H21N5O3. The van der Waals surface area contributed by atoms with Crippen LogP contribution in [0, 0.1) is 5.92 Å². The van der Waals surface area contributed by atoms with Gasteiger partial charge >= 0.3 is 5.69 Å². The van der Waals surface area contributed by atoms with Crippen molar-refractivity contribution in [1.29, 1.82) is 0 Å². The van der Waals surface area contributed by atoms with Gasteiger partial charge in [-0.15, -0.1) is 0 Å². The van der Waals surface area contributed by atoms with Crippen molar-refractivity contribution in [2.45, 2.75) is 45.7 Å². The maximum Gasteiger partial charge on any atom is 0.331 e. The topological polar surface area (TPSA) is 87.9 Å². The molecule has 0 radical (unpaired) electrons. The van der Waals surface area contributed by atoms with E-state index in [4.69, 9.17) is 4.52 Å². The first kappa shape index (κ1) is 15.9. The largest absolute Gasteiger partial charge is 0.359 e. The molecule has 1 fully saturated rings. The molecule has 132 valence electrons. The highest BCUT2D eigenvalue weighted by molar-refractivity contribution is 5.73. The van der Waals surface area contributed by atoms with Crippen LogP contribution in [0.1, 0.15) is 44.1 Å². The Morgan fingerprint density at radius 1 is 1.32 bits per heavy atom. The van der Waals surface area contributed by atoms with Crippen LogP contribution in [0.2, 0.25) is 0 Å². The molecule has 8 heteroatoms. The summed E-state index contributed by atoms with van der Waals surface area (Å²) in [7, 11) is 1.66. The SMILES string of the molecule is CC(C)c1cc(Cn2c(=O)c3c(cnn3CC3CC3)n(C)c2=O)on1. The van der Waals surface area contributed by atoms with E-state index in [0.717, 1.165) is 25.1 Å². The third-order valence-corrected chi connectivity index (χ3v) is 4.76. The number of rotatable bonds is 5. The van der Waals surface area contributed by atoms with E-state index >= 15 is 0 Å². The Balaban J connectivity index is 1.81. The fourth-order valence-electron chi connectivity index (χ4n) is 2.99. The fraction of sp³-hybridized carbons (Fsp3) is 0.529. The lowest BCUT2D eigenvalue weighted by Crippen LogP contribution is -2.39. The summed E-state index contributed by atoms with van der Waals surface area (Å²) in [4.78, 5) is 25.6. The second-order valence-electron chi connectivity index (χ2n) is 7.11. The van der Waals surface area contributed by atoms with Crippen LogP contribution in [0.25, 0.3) is 11.0 Å². The van der Waals surface area contributed by atoms with Crippen LogP contribution >= 0.6 is 0 Å². The molecular weight excluding hydrogens is 322 g/mol. The van der Waals surface area contributed by atoms with Crippen molar-refractivity contribution in [2.75, 3.05) is 0 Å². The van der Waals surface area contributed by atoms with Gasteiger partial charge in [0.05, 0.1) is 24.0 Å². The summed E-state index contributed by atoms with van der Waals surface area (Å²) in [6, 6.07) is 1.79. The van der Waals surface area contributed by atoms with Gasteiger partial charge in [-0.2, -0.15) is 5.10 Å². The van der Waals surface area contributed by atoms with Crippen molar-refractivity contribution in [3.05, 3.63) is 44.6 Å². The Labute approximate surface area is 143 Å². The first-order valence-electron chi connectivity index (χ1n) is 8.56. The second-order valence-corrected chi connectivity index (χ2v) is 7.11. The molecule has 0 aliphatic heterocycles. The molecule has 0 bridgehead atoms. The van der Waals surface area contributed by atoms with E-state index in [0.29, 0.717) is 22.7 Å². The average Bonchev–Trinajstić information content (AvgIpc) is 3.09. The Kier molecular flexibility index (Phi) is 3.63. The summed E-state index contributed by atoms with van der Waals surface area (Å²) in [5.74, 6) is 1.30. The first-order chi connectivity index (χ1) is 12.0. The molecule has 0 N–H and O–H groups in total. The maximum absolute atomic E-state index is 13.0. The Bertz CT molecular complexity index is 1050. The standard InChI is InChI=1S/C17H21N5O3/c1-10(2)13-6-12(25-19-13)9-21-16(23)15-14(20(3)17(21)24)7-18-22(15)8-11-4-5-11/h6-7,10-11H,4-5,8-9H2,1-3H3. The zero-order chi connectivity index (χ0) is 17.7. The second kappa shape index (κ2) is 5.72. The van der Waals surface area contributed by atoms with Gasteiger partial charge in [0.15, 0.2) is 11.3 Å². The molecule has 1 saturated carbocycles. The molecule has 4 rings (SSSR count). The van der Waals surface area contributed by atoms with Crippen molar-refractivity contribution in [3.8, 4) is 0 Å². The molecule has 0 spiro atoms. The highest BCUT2D eigenvalue weighted by Gasteiger charge is 2.25. The lowest BCUT2D eigenvalue weighted by atomic mass is 10.1. The zero-order valence-corrected chi connectivity index (χ0v) is 14.6. The quantitative estimate of drug-likeness (QED) is 0.700. The highest BCUT2D eigenvalue weighted by atomic mass is 16.5. The monoisotopic (exact) mass is 343 g/mol. The van der Waals surface area contributed by atoms with Crippen LogP contribution in [-0.4, -0.2) is 24.1 Å². The maximum atomic E-state index is 13.0. The van der Waals surface area contributed by atoms with Crippen molar-refractivity contribution < 1.29 is 4.52 Å². The summed E-state index contributed by atoms with van der Waals surface area (Å²) >= 11 is 0. The van der Waals surface area contributed by atoms with Gasteiger partial charge in [-0.05, 0) is 24.7 Å². The predicted molar refractivity (Wildman–Crippen MR) is 91.7 cm³/mol. The summed E-state index contributed by atoms with van der Waals surface area (Å²) in [5, 5.41) is 8.32. The van der Waals surface area contributed by atoms with Gasteiger partial charge in [-0.25, -0.2) is 4.79 Å². The van der Waals surface area contributed by atoms with Crippen molar-refractivity contribution in [2.24, 2.45) is 13.0 Å². The smallest absolute Gasteiger partial charge is 0.331 e. The molecule has 0 atom stereocenters. The fourth-order valence-corrected chi connectivity index (χ4v) is 2.99. The minimum Gasteiger partial charge on any atom is -0.359 e. The molecule has 1 aliphatic rings. The Hall–Kier alpha value is -2.64. The van der Waals surface area contributed by atoms with E-state index in [1.54, 1.807) is 24.0 Å². The van der Waals surface area contributed by atoms with Gasteiger partial charge in [0.1, 0.15) is 0 Å². The third-order valence-electron chi connectivity index (χ3n) is 4.76.